The summed E-state index contributed by atoms with van der Waals surface area (Å²) in [7, 11) is 0. The summed E-state index contributed by atoms with van der Waals surface area (Å²) in [6.07, 6.45) is 5.44. The Kier molecular flexibility index (Phi) is 8.57. The third-order valence-corrected chi connectivity index (χ3v) is 5.48. The Morgan fingerprint density at radius 2 is 1.72 bits per heavy atom. The number of benzene rings is 2. The summed E-state index contributed by atoms with van der Waals surface area (Å²) in [6, 6.07) is 17.8. The van der Waals surface area contributed by atoms with E-state index in [4.69, 9.17) is 9.47 Å². The molecule has 1 aliphatic rings. The topological polar surface area (TPSA) is 38.8 Å². The number of carbonyl (C=O) groups is 1. The van der Waals surface area contributed by atoms with Crippen LogP contribution in [0.15, 0.2) is 54.6 Å². The molecule has 0 atom stereocenters. The fraction of sp³-hybridized carbons (Fsp3) is 0.480. The normalized spacial score (nSPS) is 14.7. The second-order valence-electron chi connectivity index (χ2n) is 7.82. The van der Waals surface area contributed by atoms with E-state index in [1.807, 2.05) is 47.4 Å². The van der Waals surface area contributed by atoms with Gasteiger partial charge < -0.3 is 14.4 Å². The van der Waals surface area contributed by atoms with Crippen molar-refractivity contribution in [3.8, 4) is 5.75 Å². The number of unbranched alkanes of at least 4 members (excludes halogenated alkanes) is 2. The molecule has 1 aliphatic heterocycles. The molecule has 0 unspecified atom stereocenters. The summed E-state index contributed by atoms with van der Waals surface area (Å²) in [6.45, 7) is 5.94. The van der Waals surface area contributed by atoms with Crippen molar-refractivity contribution < 1.29 is 14.3 Å². The molecule has 2 aromatic rings. The fourth-order valence-corrected chi connectivity index (χ4v) is 3.64. The van der Waals surface area contributed by atoms with Crippen LogP contribution in [-0.2, 0) is 11.3 Å². The van der Waals surface area contributed by atoms with Gasteiger partial charge in [0.05, 0.1) is 13.2 Å². The SMILES string of the molecule is CCCCCOc1ccc(C(=O)N2CCC(COCc3ccccc3)CC2)cc1. The molecule has 156 valence electrons. The van der Waals surface area contributed by atoms with Crippen LogP contribution in [0, 0.1) is 5.92 Å². The molecule has 1 saturated heterocycles. The van der Waals surface area contributed by atoms with E-state index in [0.717, 1.165) is 56.9 Å². The van der Waals surface area contributed by atoms with E-state index < -0.39 is 0 Å². The maximum atomic E-state index is 12.8. The minimum absolute atomic E-state index is 0.117. The summed E-state index contributed by atoms with van der Waals surface area (Å²) in [4.78, 5) is 14.7. The van der Waals surface area contributed by atoms with Gasteiger partial charge in [0.1, 0.15) is 5.75 Å². The van der Waals surface area contributed by atoms with Gasteiger partial charge >= 0.3 is 0 Å². The van der Waals surface area contributed by atoms with E-state index in [0.29, 0.717) is 12.5 Å². The molecule has 2 aromatic carbocycles. The highest BCUT2D eigenvalue weighted by Gasteiger charge is 2.23. The van der Waals surface area contributed by atoms with Crippen molar-refractivity contribution in [2.24, 2.45) is 5.92 Å². The zero-order valence-corrected chi connectivity index (χ0v) is 17.5. The minimum Gasteiger partial charge on any atom is -0.494 e. The van der Waals surface area contributed by atoms with Gasteiger partial charge in [0.25, 0.3) is 5.91 Å². The lowest BCUT2D eigenvalue weighted by atomic mass is 9.97. The van der Waals surface area contributed by atoms with Gasteiger partial charge in [-0.1, -0.05) is 50.1 Å². The van der Waals surface area contributed by atoms with Crippen molar-refractivity contribution in [1.82, 2.24) is 4.90 Å². The van der Waals surface area contributed by atoms with E-state index in [1.54, 1.807) is 0 Å². The molecule has 1 heterocycles. The van der Waals surface area contributed by atoms with E-state index in [2.05, 4.69) is 19.1 Å². The lowest BCUT2D eigenvalue weighted by Crippen LogP contribution is -2.39. The number of nitrogens with zero attached hydrogens (tertiary/aromatic N) is 1. The van der Waals surface area contributed by atoms with Gasteiger partial charge in [0.15, 0.2) is 0 Å². The maximum Gasteiger partial charge on any atom is 0.253 e. The van der Waals surface area contributed by atoms with Crippen molar-refractivity contribution in [2.75, 3.05) is 26.3 Å². The van der Waals surface area contributed by atoms with Crippen LogP contribution in [0.5, 0.6) is 5.75 Å². The molecule has 1 amide bonds. The number of hydrogen-bond acceptors (Lipinski definition) is 3. The predicted molar refractivity (Wildman–Crippen MR) is 116 cm³/mol. The van der Waals surface area contributed by atoms with Crippen molar-refractivity contribution in [3.05, 3.63) is 65.7 Å². The van der Waals surface area contributed by atoms with Crippen molar-refractivity contribution in [2.45, 2.75) is 45.6 Å². The van der Waals surface area contributed by atoms with E-state index in [-0.39, 0.29) is 5.91 Å². The molecule has 0 radical (unpaired) electrons. The van der Waals surface area contributed by atoms with Gasteiger partial charge in [-0.05, 0) is 55.0 Å². The van der Waals surface area contributed by atoms with Crippen molar-refractivity contribution >= 4 is 5.91 Å². The smallest absolute Gasteiger partial charge is 0.253 e. The average Bonchev–Trinajstić information content (AvgIpc) is 2.78. The Hall–Kier alpha value is -2.33. The Morgan fingerprint density at radius 1 is 1.00 bits per heavy atom. The highest BCUT2D eigenvalue weighted by atomic mass is 16.5. The zero-order chi connectivity index (χ0) is 20.3. The first-order chi connectivity index (χ1) is 14.3. The van der Waals surface area contributed by atoms with Gasteiger partial charge in [-0.25, -0.2) is 0 Å². The molecule has 4 heteroatoms. The molecule has 29 heavy (non-hydrogen) atoms. The van der Waals surface area contributed by atoms with E-state index in [9.17, 15) is 4.79 Å². The number of rotatable bonds is 10. The Labute approximate surface area is 174 Å². The van der Waals surface area contributed by atoms with Gasteiger partial charge in [-0.3, -0.25) is 4.79 Å². The lowest BCUT2D eigenvalue weighted by Gasteiger charge is -2.32. The molecule has 0 spiro atoms. The molecule has 0 aromatic heterocycles. The third kappa shape index (κ3) is 6.90. The second kappa shape index (κ2) is 11.6. The summed E-state index contributed by atoms with van der Waals surface area (Å²) < 4.78 is 11.6. The van der Waals surface area contributed by atoms with Crippen LogP contribution in [0.25, 0.3) is 0 Å². The highest BCUT2D eigenvalue weighted by Crippen LogP contribution is 2.21. The number of carbonyl (C=O) groups excluding carboxylic acids is 1. The van der Waals surface area contributed by atoms with Crippen LogP contribution in [-0.4, -0.2) is 37.1 Å². The van der Waals surface area contributed by atoms with Crippen LogP contribution < -0.4 is 4.74 Å². The predicted octanol–water partition coefficient (Wildman–Crippen LogP) is 5.32. The second-order valence-corrected chi connectivity index (χ2v) is 7.82. The molecule has 0 bridgehead atoms. The lowest BCUT2D eigenvalue weighted by molar-refractivity contribution is 0.0478. The largest absolute Gasteiger partial charge is 0.494 e. The minimum atomic E-state index is 0.117. The molecule has 0 saturated carbocycles. The van der Waals surface area contributed by atoms with Crippen LogP contribution in [0.3, 0.4) is 0 Å². The quantitative estimate of drug-likeness (QED) is 0.511. The summed E-state index contributed by atoms with van der Waals surface area (Å²) in [5.41, 5.74) is 1.95. The third-order valence-electron chi connectivity index (χ3n) is 5.48. The number of piperidine rings is 1. The molecular formula is C25H33NO3. The van der Waals surface area contributed by atoms with Gasteiger partial charge in [-0.15, -0.1) is 0 Å². The standard InChI is InChI=1S/C25H33NO3/c1-2-3-7-18-29-24-12-10-23(11-13-24)25(27)26-16-14-22(15-17-26)20-28-19-21-8-5-4-6-9-21/h4-6,8-13,22H,2-3,7,14-20H2,1H3. The fourth-order valence-electron chi connectivity index (χ4n) is 3.64. The number of hydrogen-bond donors (Lipinski definition) is 0. The van der Waals surface area contributed by atoms with Crippen LogP contribution in [0.1, 0.15) is 54.9 Å². The van der Waals surface area contributed by atoms with Crippen LogP contribution in [0.4, 0.5) is 0 Å². The summed E-state index contributed by atoms with van der Waals surface area (Å²) in [5.74, 6) is 1.49. The van der Waals surface area contributed by atoms with Gasteiger partial charge in [0, 0.05) is 25.3 Å². The monoisotopic (exact) mass is 395 g/mol. The Morgan fingerprint density at radius 3 is 2.41 bits per heavy atom. The highest BCUT2D eigenvalue weighted by molar-refractivity contribution is 5.94. The first kappa shape index (κ1) is 21.4. The first-order valence-electron chi connectivity index (χ1n) is 10.9. The average molecular weight is 396 g/mol. The molecule has 1 fully saturated rings. The first-order valence-corrected chi connectivity index (χ1v) is 10.9. The van der Waals surface area contributed by atoms with Crippen molar-refractivity contribution in [3.63, 3.8) is 0 Å². The molecule has 0 aliphatic carbocycles. The number of likely N-dealkylation sites (tertiary alicyclic amines) is 1. The van der Waals surface area contributed by atoms with Gasteiger partial charge in [-0.2, -0.15) is 0 Å². The molecule has 0 N–H and O–H groups in total. The maximum absolute atomic E-state index is 12.8. The molecule has 4 nitrogen and oxygen atoms in total. The van der Waals surface area contributed by atoms with Crippen LogP contribution >= 0.6 is 0 Å². The molecular weight excluding hydrogens is 362 g/mol. The van der Waals surface area contributed by atoms with Crippen molar-refractivity contribution in [1.29, 1.82) is 0 Å². The zero-order valence-electron chi connectivity index (χ0n) is 17.5. The number of amides is 1. The van der Waals surface area contributed by atoms with Crippen LogP contribution in [0.2, 0.25) is 0 Å². The Balaban J connectivity index is 1.38. The van der Waals surface area contributed by atoms with E-state index >= 15 is 0 Å². The summed E-state index contributed by atoms with van der Waals surface area (Å²) in [5, 5.41) is 0. The molecule has 3 rings (SSSR count). The summed E-state index contributed by atoms with van der Waals surface area (Å²) >= 11 is 0. The number of ether oxygens (including phenoxy) is 2. The van der Waals surface area contributed by atoms with Gasteiger partial charge in [0.2, 0.25) is 0 Å². The Bertz CT molecular complexity index is 721. The van der Waals surface area contributed by atoms with E-state index in [1.165, 1.54) is 18.4 Å².